The van der Waals surface area contributed by atoms with Gasteiger partial charge in [0.25, 0.3) is 0 Å². The van der Waals surface area contributed by atoms with Crippen molar-refractivity contribution in [3.63, 3.8) is 0 Å². The Morgan fingerprint density at radius 3 is 2.85 bits per heavy atom. The van der Waals surface area contributed by atoms with Gasteiger partial charge in [-0.15, -0.1) is 16.4 Å². The van der Waals surface area contributed by atoms with Crippen LogP contribution in [0.25, 0.3) is 26.1 Å². The highest BCUT2D eigenvalue weighted by molar-refractivity contribution is 9.10. The van der Waals surface area contributed by atoms with Crippen molar-refractivity contribution >= 4 is 53.3 Å². The molecule has 9 heteroatoms. The SMILES string of the molecule is Cc1cc(C)c2c(n1)sc1c2ncn2nc(C(C)n3cc(Br)cn3)nc12. The highest BCUT2D eigenvalue weighted by Gasteiger charge is 2.19. The van der Waals surface area contributed by atoms with E-state index in [1.54, 1.807) is 28.4 Å². The molecule has 0 aromatic carbocycles. The van der Waals surface area contributed by atoms with E-state index in [0.29, 0.717) is 5.82 Å². The molecule has 5 rings (SSSR count). The van der Waals surface area contributed by atoms with E-state index < -0.39 is 0 Å². The second-order valence-corrected chi connectivity index (χ2v) is 8.25. The van der Waals surface area contributed by atoms with Crippen LogP contribution in [0, 0.1) is 13.8 Å². The van der Waals surface area contributed by atoms with E-state index in [2.05, 4.69) is 49.1 Å². The lowest BCUT2D eigenvalue weighted by Gasteiger charge is -2.06. The summed E-state index contributed by atoms with van der Waals surface area (Å²) in [6, 6.07) is 2.01. The Morgan fingerprint density at radius 2 is 2.08 bits per heavy atom. The summed E-state index contributed by atoms with van der Waals surface area (Å²) < 4.78 is 5.52. The average Bonchev–Trinajstić information content (AvgIpc) is 3.28. The number of fused-ring (bicyclic) bond motifs is 5. The summed E-state index contributed by atoms with van der Waals surface area (Å²) in [6.07, 6.45) is 5.40. The molecule has 0 N–H and O–H groups in total. The van der Waals surface area contributed by atoms with Crippen molar-refractivity contribution in [3.05, 3.63) is 46.3 Å². The first-order valence-corrected chi connectivity index (χ1v) is 9.73. The van der Waals surface area contributed by atoms with Crippen LogP contribution in [0.3, 0.4) is 0 Å². The van der Waals surface area contributed by atoms with Crippen LogP contribution in [0.4, 0.5) is 0 Å². The maximum absolute atomic E-state index is 4.79. The van der Waals surface area contributed by atoms with Gasteiger partial charge in [-0.25, -0.2) is 19.5 Å². The van der Waals surface area contributed by atoms with Gasteiger partial charge < -0.3 is 0 Å². The molecular formula is C17H14BrN7S. The predicted molar refractivity (Wildman–Crippen MR) is 105 cm³/mol. The first-order chi connectivity index (χ1) is 12.5. The Morgan fingerprint density at radius 1 is 1.23 bits per heavy atom. The highest BCUT2D eigenvalue weighted by Crippen LogP contribution is 2.35. The van der Waals surface area contributed by atoms with Gasteiger partial charge >= 0.3 is 0 Å². The molecule has 130 valence electrons. The molecule has 26 heavy (non-hydrogen) atoms. The molecule has 0 saturated heterocycles. The largest absolute Gasteiger partial charge is 0.261 e. The van der Waals surface area contributed by atoms with Gasteiger partial charge in [0.05, 0.1) is 16.2 Å². The smallest absolute Gasteiger partial charge is 0.176 e. The van der Waals surface area contributed by atoms with E-state index in [1.807, 2.05) is 24.7 Å². The van der Waals surface area contributed by atoms with Gasteiger partial charge in [0.2, 0.25) is 0 Å². The quantitative estimate of drug-likeness (QED) is 0.424. The third-order valence-electron chi connectivity index (χ3n) is 4.45. The lowest BCUT2D eigenvalue weighted by molar-refractivity contribution is 0.536. The molecule has 7 nitrogen and oxygen atoms in total. The van der Waals surface area contributed by atoms with Crippen LogP contribution >= 0.6 is 27.3 Å². The van der Waals surface area contributed by atoms with Crippen molar-refractivity contribution in [1.82, 2.24) is 34.3 Å². The molecule has 0 amide bonds. The average molecular weight is 428 g/mol. The zero-order chi connectivity index (χ0) is 18.0. The molecular weight excluding hydrogens is 414 g/mol. The maximum Gasteiger partial charge on any atom is 0.176 e. The van der Waals surface area contributed by atoms with E-state index in [-0.39, 0.29) is 6.04 Å². The van der Waals surface area contributed by atoms with Gasteiger partial charge in [0, 0.05) is 17.3 Å². The normalized spacial score (nSPS) is 13.2. The molecule has 1 unspecified atom stereocenters. The van der Waals surface area contributed by atoms with Gasteiger partial charge in [-0.2, -0.15) is 5.10 Å². The van der Waals surface area contributed by atoms with Crippen LogP contribution in [0.2, 0.25) is 0 Å². The minimum atomic E-state index is -0.0762. The summed E-state index contributed by atoms with van der Waals surface area (Å²) in [5.41, 5.74) is 3.95. The van der Waals surface area contributed by atoms with Crippen molar-refractivity contribution in [3.8, 4) is 0 Å². The second kappa shape index (κ2) is 5.55. The standard InChI is InChI=1S/C17H14BrN7S/c1-8-4-9(2)21-17-12(8)13-14(26-17)16-22-15(23-25(16)7-19-13)10(3)24-6-11(18)5-20-24/h4-7,10H,1-3H3. The number of rotatable bonds is 2. The van der Waals surface area contributed by atoms with Crippen molar-refractivity contribution in [2.45, 2.75) is 26.8 Å². The van der Waals surface area contributed by atoms with Crippen molar-refractivity contribution in [2.75, 3.05) is 0 Å². The van der Waals surface area contributed by atoms with E-state index in [0.717, 1.165) is 36.2 Å². The molecule has 0 radical (unpaired) electrons. The molecule has 0 bridgehead atoms. The van der Waals surface area contributed by atoms with Gasteiger partial charge in [0.15, 0.2) is 11.5 Å². The fourth-order valence-electron chi connectivity index (χ4n) is 3.21. The molecule has 0 fully saturated rings. The van der Waals surface area contributed by atoms with Crippen molar-refractivity contribution in [2.24, 2.45) is 0 Å². The Hall–Kier alpha value is -2.39. The van der Waals surface area contributed by atoms with Crippen LogP contribution in [0.1, 0.15) is 30.0 Å². The minimum absolute atomic E-state index is 0.0762. The molecule has 0 aliphatic carbocycles. The molecule has 0 aliphatic rings. The van der Waals surface area contributed by atoms with Crippen molar-refractivity contribution in [1.29, 1.82) is 0 Å². The summed E-state index contributed by atoms with van der Waals surface area (Å²) >= 11 is 5.05. The molecule has 1 atom stereocenters. The summed E-state index contributed by atoms with van der Waals surface area (Å²) in [5.74, 6) is 0.702. The molecule has 5 aromatic rings. The number of aryl methyl sites for hydroxylation is 2. The summed E-state index contributed by atoms with van der Waals surface area (Å²) in [7, 11) is 0. The summed E-state index contributed by atoms with van der Waals surface area (Å²) in [6.45, 7) is 6.14. The Labute approximate surface area is 160 Å². The van der Waals surface area contributed by atoms with Crippen molar-refractivity contribution < 1.29 is 0 Å². The molecule has 5 heterocycles. The first-order valence-electron chi connectivity index (χ1n) is 8.12. The number of nitrogens with zero attached hydrogens (tertiary/aromatic N) is 7. The first kappa shape index (κ1) is 15.8. The summed E-state index contributed by atoms with van der Waals surface area (Å²) in [4.78, 5) is 15.1. The Bertz CT molecular complexity index is 1300. The van der Waals surface area contributed by atoms with E-state index in [1.165, 1.54) is 5.56 Å². The van der Waals surface area contributed by atoms with E-state index >= 15 is 0 Å². The number of hydrogen-bond acceptors (Lipinski definition) is 6. The Kier molecular flexibility index (Phi) is 3.38. The maximum atomic E-state index is 4.79. The zero-order valence-corrected chi connectivity index (χ0v) is 16.7. The van der Waals surface area contributed by atoms with Gasteiger partial charge in [-0.05, 0) is 48.3 Å². The molecule has 0 saturated carbocycles. The van der Waals surface area contributed by atoms with Crippen LogP contribution in [0.15, 0.2) is 29.3 Å². The second-order valence-electron chi connectivity index (χ2n) is 6.34. The number of aromatic nitrogens is 7. The van der Waals surface area contributed by atoms with Crippen LogP contribution in [-0.2, 0) is 0 Å². The van der Waals surface area contributed by atoms with Crippen LogP contribution in [-0.4, -0.2) is 34.3 Å². The molecule has 0 aliphatic heterocycles. The fourth-order valence-corrected chi connectivity index (χ4v) is 4.73. The lowest BCUT2D eigenvalue weighted by atomic mass is 10.1. The number of pyridine rings is 1. The number of thiophene rings is 1. The highest BCUT2D eigenvalue weighted by atomic mass is 79.9. The molecule has 0 spiro atoms. The topological polar surface area (TPSA) is 73.8 Å². The predicted octanol–water partition coefficient (Wildman–Crippen LogP) is 4.07. The van der Waals surface area contributed by atoms with Gasteiger partial charge in [-0.3, -0.25) is 4.68 Å². The van der Waals surface area contributed by atoms with E-state index in [4.69, 9.17) is 4.98 Å². The summed E-state index contributed by atoms with van der Waals surface area (Å²) in [5, 5.41) is 10.1. The number of halogens is 1. The third-order valence-corrected chi connectivity index (χ3v) is 5.93. The third kappa shape index (κ3) is 2.27. The van der Waals surface area contributed by atoms with Crippen LogP contribution < -0.4 is 0 Å². The van der Waals surface area contributed by atoms with Gasteiger partial charge in [0.1, 0.15) is 21.9 Å². The van der Waals surface area contributed by atoms with E-state index in [9.17, 15) is 0 Å². The minimum Gasteiger partial charge on any atom is -0.261 e. The lowest BCUT2D eigenvalue weighted by Crippen LogP contribution is -2.09. The molecule has 5 aromatic heterocycles. The Balaban J connectivity index is 1.75. The fraction of sp³-hybridized carbons (Fsp3) is 0.235. The number of hydrogen-bond donors (Lipinski definition) is 0. The van der Waals surface area contributed by atoms with Crippen LogP contribution in [0.5, 0.6) is 0 Å². The zero-order valence-electron chi connectivity index (χ0n) is 14.3. The van der Waals surface area contributed by atoms with Gasteiger partial charge in [-0.1, -0.05) is 0 Å². The monoisotopic (exact) mass is 427 g/mol.